The van der Waals surface area contributed by atoms with E-state index in [9.17, 15) is 4.79 Å². The fraction of sp³-hybridized carbons (Fsp3) is 0.192. The van der Waals surface area contributed by atoms with Crippen molar-refractivity contribution in [3.8, 4) is 5.75 Å². The van der Waals surface area contributed by atoms with Crippen LogP contribution in [-0.2, 0) is 13.6 Å². The molecule has 9 heteroatoms. The van der Waals surface area contributed by atoms with Crippen LogP contribution in [0.2, 0.25) is 0 Å². The van der Waals surface area contributed by atoms with E-state index in [0.29, 0.717) is 6.61 Å². The highest BCUT2D eigenvalue weighted by Crippen LogP contribution is 2.19. The van der Waals surface area contributed by atoms with Crippen molar-refractivity contribution in [3.63, 3.8) is 0 Å². The van der Waals surface area contributed by atoms with E-state index in [-0.39, 0.29) is 42.8 Å². The normalized spacial score (nSPS) is 10.5. The first kappa shape index (κ1) is 30.1. The van der Waals surface area contributed by atoms with E-state index in [0.717, 1.165) is 47.4 Å². The molecule has 0 aliphatic carbocycles. The van der Waals surface area contributed by atoms with Crippen molar-refractivity contribution in [1.82, 2.24) is 19.4 Å². The number of hydrogen-bond donors (Lipinski definition) is 0. The van der Waals surface area contributed by atoms with Crippen molar-refractivity contribution in [2.45, 2.75) is 6.54 Å². The minimum Gasteiger partial charge on any atom is -0.492 e. The molecule has 0 radical (unpaired) electrons. The molecule has 4 rings (SSSR count). The molecule has 0 atom stereocenters. The Bertz CT molecular complexity index is 1250. The van der Waals surface area contributed by atoms with E-state index < -0.39 is 0 Å². The first-order valence-corrected chi connectivity index (χ1v) is 10.6. The SMILES string of the molecule is Cl.Cl.Cl.Cn1c(=O)ccc2cc(OCCN(C/C=C/c3cccnc3)Cc3cccnc3)ccc21. The quantitative estimate of drug-likeness (QED) is 0.295. The Labute approximate surface area is 223 Å². The van der Waals surface area contributed by atoms with E-state index in [4.69, 9.17) is 4.74 Å². The molecule has 0 spiro atoms. The number of fused-ring (bicyclic) bond motifs is 1. The van der Waals surface area contributed by atoms with Gasteiger partial charge in [-0.25, -0.2) is 0 Å². The van der Waals surface area contributed by atoms with Crippen LogP contribution in [0.4, 0.5) is 0 Å². The van der Waals surface area contributed by atoms with Gasteiger partial charge in [0.05, 0.1) is 5.52 Å². The van der Waals surface area contributed by atoms with Gasteiger partial charge in [0, 0.05) is 62.9 Å². The summed E-state index contributed by atoms with van der Waals surface area (Å²) >= 11 is 0. The van der Waals surface area contributed by atoms with E-state index in [1.54, 1.807) is 30.1 Å². The van der Waals surface area contributed by atoms with Gasteiger partial charge < -0.3 is 9.30 Å². The van der Waals surface area contributed by atoms with Crippen LogP contribution in [0.15, 0.2) is 90.3 Å². The Kier molecular flexibility index (Phi) is 13.1. The molecule has 0 aliphatic rings. The second-order valence-corrected chi connectivity index (χ2v) is 7.58. The highest BCUT2D eigenvalue weighted by molar-refractivity contribution is 5.86. The molecule has 186 valence electrons. The van der Waals surface area contributed by atoms with Crippen molar-refractivity contribution in [1.29, 1.82) is 0 Å². The molecule has 0 saturated heterocycles. The number of ether oxygens (including phenoxy) is 1. The lowest BCUT2D eigenvalue weighted by Crippen LogP contribution is -2.28. The average molecular weight is 536 g/mol. The summed E-state index contributed by atoms with van der Waals surface area (Å²) in [4.78, 5) is 22.5. The zero-order chi connectivity index (χ0) is 22.2. The van der Waals surface area contributed by atoms with Gasteiger partial charge in [0.15, 0.2) is 0 Å². The molecule has 0 N–H and O–H groups in total. The molecule has 3 heterocycles. The van der Waals surface area contributed by atoms with Gasteiger partial charge in [-0.05, 0) is 47.5 Å². The third kappa shape index (κ3) is 8.67. The first-order chi connectivity index (χ1) is 15.7. The first-order valence-electron chi connectivity index (χ1n) is 10.6. The van der Waals surface area contributed by atoms with Crippen LogP contribution in [-0.4, -0.2) is 39.1 Å². The summed E-state index contributed by atoms with van der Waals surface area (Å²) in [5, 5.41) is 0.983. The third-order valence-corrected chi connectivity index (χ3v) is 5.26. The van der Waals surface area contributed by atoms with Gasteiger partial charge in [-0.1, -0.05) is 24.3 Å². The Morgan fingerprint density at radius 1 is 0.971 bits per heavy atom. The van der Waals surface area contributed by atoms with Gasteiger partial charge in [0.25, 0.3) is 5.56 Å². The standard InChI is InChI=1S/C26H26N4O2.3ClH/c1-29-25-10-9-24(17-23(25)8-11-26(29)31)32-16-15-30(20-22-6-3-13-28-19-22)14-4-7-21-5-2-12-27-18-21;;;/h2-13,17-19H,14-16,20H2,1H3;3*1H/b7-4+;;;. The highest BCUT2D eigenvalue weighted by Gasteiger charge is 2.07. The van der Waals surface area contributed by atoms with Crippen LogP contribution in [0.3, 0.4) is 0 Å². The topological polar surface area (TPSA) is 60.2 Å². The van der Waals surface area contributed by atoms with Crippen LogP contribution in [0.25, 0.3) is 17.0 Å². The summed E-state index contributed by atoms with van der Waals surface area (Å²) in [5.41, 5.74) is 3.12. The van der Waals surface area contributed by atoms with Gasteiger partial charge in [-0.15, -0.1) is 37.2 Å². The minimum absolute atomic E-state index is 0. The van der Waals surface area contributed by atoms with Gasteiger partial charge >= 0.3 is 0 Å². The maximum absolute atomic E-state index is 11.8. The molecule has 0 unspecified atom stereocenters. The Morgan fingerprint density at radius 2 is 1.74 bits per heavy atom. The molecule has 0 amide bonds. The smallest absolute Gasteiger partial charge is 0.250 e. The Morgan fingerprint density at radius 3 is 2.46 bits per heavy atom. The van der Waals surface area contributed by atoms with Crippen molar-refractivity contribution in [2.24, 2.45) is 7.05 Å². The zero-order valence-electron chi connectivity index (χ0n) is 19.3. The van der Waals surface area contributed by atoms with Crippen LogP contribution in [0.1, 0.15) is 11.1 Å². The largest absolute Gasteiger partial charge is 0.492 e. The summed E-state index contributed by atoms with van der Waals surface area (Å²) in [6.07, 6.45) is 11.5. The molecule has 0 saturated carbocycles. The van der Waals surface area contributed by atoms with Gasteiger partial charge in [-0.3, -0.25) is 19.7 Å². The number of rotatable bonds is 9. The molecule has 1 aromatic carbocycles. The summed E-state index contributed by atoms with van der Waals surface area (Å²) < 4.78 is 7.68. The predicted molar refractivity (Wildman–Crippen MR) is 149 cm³/mol. The summed E-state index contributed by atoms with van der Waals surface area (Å²) in [6, 6.07) is 17.2. The molecule has 3 aromatic heterocycles. The predicted octanol–water partition coefficient (Wildman–Crippen LogP) is 5.19. The molecular formula is C26H29Cl3N4O2. The van der Waals surface area contributed by atoms with E-state index in [2.05, 4.69) is 33.1 Å². The molecule has 0 bridgehead atoms. The Balaban J connectivity index is 0.00000204. The summed E-state index contributed by atoms with van der Waals surface area (Å²) in [5.74, 6) is 0.795. The lowest BCUT2D eigenvalue weighted by Gasteiger charge is -2.21. The Hall–Kier alpha value is -2.90. The van der Waals surface area contributed by atoms with Crippen LogP contribution < -0.4 is 10.3 Å². The van der Waals surface area contributed by atoms with Crippen molar-refractivity contribution in [3.05, 3.63) is 107 Å². The maximum atomic E-state index is 11.8. The van der Waals surface area contributed by atoms with Crippen molar-refractivity contribution in [2.75, 3.05) is 19.7 Å². The lowest BCUT2D eigenvalue weighted by molar-refractivity contribution is 0.217. The highest BCUT2D eigenvalue weighted by atomic mass is 35.5. The molecule has 4 aromatic rings. The van der Waals surface area contributed by atoms with Crippen LogP contribution >= 0.6 is 37.2 Å². The number of halogens is 3. The van der Waals surface area contributed by atoms with Gasteiger partial charge in [-0.2, -0.15) is 0 Å². The summed E-state index contributed by atoms with van der Waals surface area (Å²) in [7, 11) is 1.78. The third-order valence-electron chi connectivity index (χ3n) is 5.26. The van der Waals surface area contributed by atoms with Crippen molar-refractivity contribution < 1.29 is 4.74 Å². The number of pyridine rings is 3. The van der Waals surface area contributed by atoms with E-state index in [1.165, 1.54) is 0 Å². The number of nitrogens with zero attached hydrogens (tertiary/aromatic N) is 4. The second kappa shape index (κ2) is 15.2. The maximum Gasteiger partial charge on any atom is 0.250 e. The number of aryl methyl sites for hydroxylation is 1. The zero-order valence-corrected chi connectivity index (χ0v) is 21.8. The molecule has 0 fully saturated rings. The fourth-order valence-corrected chi connectivity index (χ4v) is 3.54. The molecule has 35 heavy (non-hydrogen) atoms. The lowest BCUT2D eigenvalue weighted by atomic mass is 10.2. The monoisotopic (exact) mass is 534 g/mol. The number of hydrogen-bond acceptors (Lipinski definition) is 5. The number of aromatic nitrogens is 3. The van der Waals surface area contributed by atoms with Crippen LogP contribution in [0.5, 0.6) is 5.75 Å². The number of benzene rings is 1. The van der Waals surface area contributed by atoms with E-state index in [1.807, 2.05) is 54.9 Å². The van der Waals surface area contributed by atoms with Crippen molar-refractivity contribution >= 4 is 54.2 Å². The average Bonchev–Trinajstić information content (AvgIpc) is 2.83. The minimum atomic E-state index is -0.0171. The van der Waals surface area contributed by atoms with Gasteiger partial charge in [0.1, 0.15) is 12.4 Å². The molecule has 0 aliphatic heterocycles. The van der Waals surface area contributed by atoms with Crippen LogP contribution in [0, 0.1) is 0 Å². The summed E-state index contributed by atoms with van der Waals surface area (Å²) in [6.45, 7) is 2.89. The molecular weight excluding hydrogens is 507 g/mol. The van der Waals surface area contributed by atoms with E-state index >= 15 is 0 Å². The fourth-order valence-electron chi connectivity index (χ4n) is 3.54. The second-order valence-electron chi connectivity index (χ2n) is 7.58. The van der Waals surface area contributed by atoms with Gasteiger partial charge in [0.2, 0.25) is 0 Å². The molecule has 6 nitrogen and oxygen atoms in total.